The van der Waals surface area contributed by atoms with Gasteiger partial charge in [-0.1, -0.05) is 0 Å². The Morgan fingerprint density at radius 3 is 2.50 bits per heavy atom. The molecule has 1 saturated heterocycles. The number of nitrogens with zero attached hydrogens (tertiary/aromatic N) is 1. The number of hydrogen-bond acceptors (Lipinski definition) is 2. The SMILES string of the molecule is NC1CC[N]C(N)C1. The van der Waals surface area contributed by atoms with Crippen LogP contribution in [-0.4, -0.2) is 18.8 Å². The van der Waals surface area contributed by atoms with Gasteiger partial charge >= 0.3 is 0 Å². The summed E-state index contributed by atoms with van der Waals surface area (Å²) >= 11 is 0. The van der Waals surface area contributed by atoms with Gasteiger partial charge in [-0.25, -0.2) is 5.32 Å². The molecule has 3 nitrogen and oxygen atoms in total. The van der Waals surface area contributed by atoms with Gasteiger partial charge in [0.25, 0.3) is 0 Å². The molecule has 0 spiro atoms. The van der Waals surface area contributed by atoms with Crippen LogP contribution in [0.4, 0.5) is 0 Å². The molecule has 0 aromatic heterocycles. The maximum atomic E-state index is 5.59. The molecule has 3 heteroatoms. The third-order valence-electron chi connectivity index (χ3n) is 1.41. The van der Waals surface area contributed by atoms with E-state index in [9.17, 15) is 0 Å². The van der Waals surface area contributed by atoms with Crippen LogP contribution < -0.4 is 16.8 Å². The predicted octanol–water partition coefficient (Wildman–Crippen LogP) is -1.00. The molecule has 0 bridgehead atoms. The van der Waals surface area contributed by atoms with Crippen molar-refractivity contribution in [1.29, 1.82) is 0 Å². The Morgan fingerprint density at radius 1 is 1.38 bits per heavy atom. The Hall–Kier alpha value is -0.120. The van der Waals surface area contributed by atoms with Crippen molar-refractivity contribution in [2.75, 3.05) is 6.54 Å². The van der Waals surface area contributed by atoms with Gasteiger partial charge in [-0.05, 0) is 12.8 Å². The van der Waals surface area contributed by atoms with Gasteiger partial charge in [0.15, 0.2) is 0 Å². The molecule has 1 aliphatic heterocycles. The second-order valence-electron chi connectivity index (χ2n) is 2.26. The van der Waals surface area contributed by atoms with Gasteiger partial charge < -0.3 is 11.5 Å². The first-order valence-corrected chi connectivity index (χ1v) is 2.97. The normalized spacial score (nSPS) is 39.8. The summed E-state index contributed by atoms with van der Waals surface area (Å²) in [5.74, 6) is 0. The third kappa shape index (κ3) is 1.43. The average Bonchev–Trinajstić information content (AvgIpc) is 1.64. The molecule has 0 aromatic carbocycles. The lowest BCUT2D eigenvalue weighted by Gasteiger charge is -2.22. The minimum Gasteiger partial charge on any atom is -0.328 e. The van der Waals surface area contributed by atoms with Crippen LogP contribution in [0.3, 0.4) is 0 Å². The minimum atomic E-state index is 0.0127. The average molecular weight is 114 g/mol. The van der Waals surface area contributed by atoms with Crippen molar-refractivity contribution in [3.05, 3.63) is 0 Å². The second kappa shape index (κ2) is 2.44. The summed E-state index contributed by atoms with van der Waals surface area (Å²) in [6, 6.07) is 0.294. The maximum absolute atomic E-state index is 5.59. The topological polar surface area (TPSA) is 66.1 Å². The highest BCUT2D eigenvalue weighted by molar-refractivity contribution is 4.75. The van der Waals surface area contributed by atoms with Gasteiger partial charge in [0.1, 0.15) is 0 Å². The van der Waals surface area contributed by atoms with E-state index in [2.05, 4.69) is 5.32 Å². The molecule has 1 rings (SSSR count). The largest absolute Gasteiger partial charge is 0.328 e. The minimum absolute atomic E-state index is 0.0127. The fourth-order valence-corrected chi connectivity index (χ4v) is 0.909. The lowest BCUT2D eigenvalue weighted by Crippen LogP contribution is -2.44. The monoisotopic (exact) mass is 114 g/mol. The summed E-state index contributed by atoms with van der Waals surface area (Å²) in [6.45, 7) is 0.850. The van der Waals surface area contributed by atoms with Crippen molar-refractivity contribution in [2.24, 2.45) is 11.5 Å². The first kappa shape index (κ1) is 6.01. The lowest BCUT2D eigenvalue weighted by molar-refractivity contribution is 0.362. The Morgan fingerprint density at radius 2 is 2.12 bits per heavy atom. The summed E-state index contributed by atoms with van der Waals surface area (Å²) in [7, 11) is 0. The smallest absolute Gasteiger partial charge is 0.0725 e. The fourth-order valence-electron chi connectivity index (χ4n) is 0.909. The molecule has 0 aromatic rings. The van der Waals surface area contributed by atoms with Crippen LogP contribution in [0, 0.1) is 0 Å². The van der Waals surface area contributed by atoms with Crippen molar-refractivity contribution in [2.45, 2.75) is 25.0 Å². The summed E-state index contributed by atoms with van der Waals surface area (Å²) in [5.41, 5.74) is 11.1. The molecule has 47 valence electrons. The molecular formula is C5H12N3. The van der Waals surface area contributed by atoms with Gasteiger partial charge in [-0.2, -0.15) is 0 Å². The molecule has 0 saturated carbocycles. The van der Waals surface area contributed by atoms with E-state index >= 15 is 0 Å². The van der Waals surface area contributed by atoms with Crippen molar-refractivity contribution in [1.82, 2.24) is 5.32 Å². The third-order valence-corrected chi connectivity index (χ3v) is 1.41. The first-order valence-electron chi connectivity index (χ1n) is 2.97. The molecule has 1 heterocycles. The zero-order valence-corrected chi connectivity index (χ0v) is 4.88. The van der Waals surface area contributed by atoms with E-state index in [0.717, 1.165) is 19.4 Å². The summed E-state index contributed by atoms with van der Waals surface area (Å²) in [6.07, 6.45) is 1.88. The lowest BCUT2D eigenvalue weighted by atomic mass is 10.1. The van der Waals surface area contributed by atoms with Crippen molar-refractivity contribution < 1.29 is 0 Å². The fraction of sp³-hybridized carbons (Fsp3) is 1.00. The van der Waals surface area contributed by atoms with E-state index in [0.29, 0.717) is 6.04 Å². The standard InChI is InChI=1S/C5H12N3/c6-4-1-2-8-5(7)3-4/h4-5H,1-3,6-7H2. The van der Waals surface area contributed by atoms with Crippen LogP contribution in [0.25, 0.3) is 0 Å². The Balaban J connectivity index is 2.23. The molecular weight excluding hydrogens is 102 g/mol. The maximum Gasteiger partial charge on any atom is 0.0725 e. The van der Waals surface area contributed by atoms with Crippen LogP contribution in [0.15, 0.2) is 0 Å². The molecule has 2 unspecified atom stereocenters. The van der Waals surface area contributed by atoms with E-state index in [4.69, 9.17) is 11.5 Å². The van der Waals surface area contributed by atoms with Gasteiger partial charge in [0, 0.05) is 12.6 Å². The van der Waals surface area contributed by atoms with Gasteiger partial charge in [-0.15, -0.1) is 0 Å². The molecule has 1 fully saturated rings. The van der Waals surface area contributed by atoms with Gasteiger partial charge in [0.2, 0.25) is 0 Å². The number of piperidine rings is 1. The van der Waals surface area contributed by atoms with E-state index in [-0.39, 0.29) is 6.17 Å². The molecule has 0 aliphatic carbocycles. The zero-order valence-electron chi connectivity index (χ0n) is 4.88. The molecule has 1 aliphatic rings. The molecule has 0 amide bonds. The Bertz CT molecular complexity index is 66.1. The number of nitrogens with two attached hydrogens (primary N) is 2. The van der Waals surface area contributed by atoms with E-state index < -0.39 is 0 Å². The van der Waals surface area contributed by atoms with Gasteiger partial charge in [-0.3, -0.25) is 0 Å². The van der Waals surface area contributed by atoms with Crippen molar-refractivity contribution in [3.63, 3.8) is 0 Å². The Kier molecular flexibility index (Phi) is 1.83. The van der Waals surface area contributed by atoms with E-state index in [1.54, 1.807) is 0 Å². The summed E-state index contributed by atoms with van der Waals surface area (Å²) < 4.78 is 0. The highest BCUT2D eigenvalue weighted by Gasteiger charge is 2.14. The highest BCUT2D eigenvalue weighted by Crippen LogP contribution is 2.02. The van der Waals surface area contributed by atoms with Crippen molar-refractivity contribution >= 4 is 0 Å². The number of hydrogen-bond donors (Lipinski definition) is 2. The van der Waals surface area contributed by atoms with Crippen LogP contribution in [0.2, 0.25) is 0 Å². The quantitative estimate of drug-likeness (QED) is 0.424. The molecule has 2 atom stereocenters. The summed E-state index contributed by atoms with van der Waals surface area (Å²) in [5, 5.41) is 4.08. The molecule has 8 heavy (non-hydrogen) atoms. The predicted molar refractivity (Wildman–Crippen MR) is 32.2 cm³/mol. The van der Waals surface area contributed by atoms with Crippen LogP contribution in [0.5, 0.6) is 0 Å². The highest BCUT2D eigenvalue weighted by atomic mass is 15.0. The first-order chi connectivity index (χ1) is 3.79. The summed E-state index contributed by atoms with van der Waals surface area (Å²) in [4.78, 5) is 0. The van der Waals surface area contributed by atoms with Crippen LogP contribution in [0.1, 0.15) is 12.8 Å². The second-order valence-corrected chi connectivity index (χ2v) is 2.26. The zero-order chi connectivity index (χ0) is 5.98. The van der Waals surface area contributed by atoms with Crippen molar-refractivity contribution in [3.8, 4) is 0 Å². The van der Waals surface area contributed by atoms with Gasteiger partial charge in [0.05, 0.1) is 6.17 Å². The molecule has 4 N–H and O–H groups in total. The van der Waals surface area contributed by atoms with Crippen LogP contribution in [-0.2, 0) is 0 Å². The van der Waals surface area contributed by atoms with Crippen LogP contribution >= 0.6 is 0 Å². The molecule has 1 radical (unpaired) electrons. The number of rotatable bonds is 0. The Labute approximate surface area is 49.4 Å². The van der Waals surface area contributed by atoms with E-state index in [1.807, 2.05) is 0 Å². The van der Waals surface area contributed by atoms with E-state index in [1.165, 1.54) is 0 Å².